The Morgan fingerprint density at radius 3 is 1.95 bits per heavy atom. The first kappa shape index (κ1) is 24.7. The lowest BCUT2D eigenvalue weighted by molar-refractivity contribution is 0.0989. The van der Waals surface area contributed by atoms with Gasteiger partial charge in [0.05, 0.1) is 12.7 Å². The molecule has 0 bridgehead atoms. The third-order valence-electron chi connectivity index (χ3n) is 7.33. The first-order valence-electron chi connectivity index (χ1n) is 13.1. The van der Waals surface area contributed by atoms with Crippen LogP contribution in [0.3, 0.4) is 0 Å². The van der Waals surface area contributed by atoms with Crippen molar-refractivity contribution < 1.29 is 4.42 Å². The minimum absolute atomic E-state index is 0.0319. The Morgan fingerprint density at radius 2 is 1.32 bits per heavy atom. The molecule has 0 saturated heterocycles. The normalized spacial score (nSPS) is 16.2. The van der Waals surface area contributed by atoms with E-state index in [1.807, 2.05) is 12.1 Å². The largest absolute Gasteiger partial charge is 0.461 e. The van der Waals surface area contributed by atoms with Crippen molar-refractivity contribution in [1.29, 1.82) is 0 Å². The Hall–Kier alpha value is -3.63. The Morgan fingerprint density at radius 1 is 0.737 bits per heavy atom. The first-order chi connectivity index (χ1) is 18.7. The van der Waals surface area contributed by atoms with Crippen molar-refractivity contribution in [3.63, 3.8) is 0 Å². The van der Waals surface area contributed by atoms with Gasteiger partial charge in [-0.3, -0.25) is 9.80 Å². The van der Waals surface area contributed by atoms with Gasteiger partial charge < -0.3 is 4.42 Å². The van der Waals surface area contributed by atoms with E-state index < -0.39 is 0 Å². The smallest absolute Gasteiger partial charge is 0.139 e. The van der Waals surface area contributed by atoms with Gasteiger partial charge in [0.15, 0.2) is 0 Å². The zero-order valence-electron chi connectivity index (χ0n) is 21.6. The summed E-state index contributed by atoms with van der Waals surface area (Å²) >= 11 is 6.34. The standard InChI is InChI=1S/C34H31ClN2O/c1-25-32-31(34(38-25)29-15-9-4-10-16-29)23-36(21-26-11-5-2-6-12-26)24-37(22-27-13-7-3-8-14-27)33(32)28-17-19-30(35)20-18-28/h2-20,33H,21-24H2,1H3. The minimum atomic E-state index is 0.0319. The SMILES string of the molecule is Cc1oc(-c2ccccc2)c2c1C(c1ccc(Cl)cc1)N(Cc1ccccc1)CN(Cc1ccccc1)C2. The molecular weight excluding hydrogens is 488 g/mol. The molecule has 1 aromatic heterocycles. The van der Waals surface area contributed by atoms with Crippen molar-refractivity contribution in [2.24, 2.45) is 0 Å². The summed E-state index contributed by atoms with van der Waals surface area (Å²) in [6, 6.07) is 40.3. The van der Waals surface area contributed by atoms with Crippen molar-refractivity contribution in [2.45, 2.75) is 32.6 Å². The first-order valence-corrected chi connectivity index (χ1v) is 13.5. The number of benzene rings is 4. The van der Waals surface area contributed by atoms with E-state index in [4.69, 9.17) is 16.0 Å². The number of nitrogens with zero attached hydrogens (tertiary/aromatic N) is 2. The molecule has 0 aliphatic carbocycles. The van der Waals surface area contributed by atoms with Crippen LogP contribution in [0.1, 0.15) is 39.6 Å². The van der Waals surface area contributed by atoms with Crippen molar-refractivity contribution >= 4 is 11.6 Å². The summed E-state index contributed by atoms with van der Waals surface area (Å²) in [6.07, 6.45) is 0. The topological polar surface area (TPSA) is 19.6 Å². The van der Waals surface area contributed by atoms with Crippen molar-refractivity contribution in [2.75, 3.05) is 6.67 Å². The second-order valence-corrected chi connectivity index (χ2v) is 10.5. The highest BCUT2D eigenvalue weighted by atomic mass is 35.5. The van der Waals surface area contributed by atoms with Gasteiger partial charge in [0.1, 0.15) is 11.5 Å². The third kappa shape index (κ3) is 5.19. The predicted octanol–water partition coefficient (Wildman–Crippen LogP) is 8.47. The number of aryl methyl sites for hydroxylation is 1. The molecule has 0 amide bonds. The Kier molecular flexibility index (Phi) is 7.15. The lowest BCUT2D eigenvalue weighted by Gasteiger charge is -2.34. The molecule has 4 heteroatoms. The van der Waals surface area contributed by atoms with E-state index in [9.17, 15) is 0 Å². The van der Waals surface area contributed by atoms with Gasteiger partial charge in [-0.15, -0.1) is 0 Å². The molecule has 0 spiro atoms. The summed E-state index contributed by atoms with van der Waals surface area (Å²) in [4.78, 5) is 5.11. The minimum Gasteiger partial charge on any atom is -0.461 e. The van der Waals surface area contributed by atoms with Crippen LogP contribution in [0.15, 0.2) is 120 Å². The van der Waals surface area contributed by atoms with Crippen LogP contribution in [0.5, 0.6) is 0 Å². The fraction of sp³-hybridized carbons (Fsp3) is 0.176. The van der Waals surface area contributed by atoms with E-state index >= 15 is 0 Å². The van der Waals surface area contributed by atoms with Gasteiger partial charge in [-0.1, -0.05) is 115 Å². The lowest BCUT2D eigenvalue weighted by Crippen LogP contribution is -2.37. The maximum atomic E-state index is 6.60. The Bertz CT molecular complexity index is 1480. The number of rotatable bonds is 6. The quantitative estimate of drug-likeness (QED) is 0.225. The van der Waals surface area contributed by atoms with E-state index in [0.29, 0.717) is 0 Å². The molecule has 0 saturated carbocycles. The molecule has 3 nitrogen and oxygen atoms in total. The highest BCUT2D eigenvalue weighted by Crippen LogP contribution is 2.43. The Labute approximate surface area is 229 Å². The molecule has 2 heterocycles. The lowest BCUT2D eigenvalue weighted by atomic mass is 9.92. The molecule has 0 N–H and O–H groups in total. The van der Waals surface area contributed by atoms with Gasteiger partial charge in [-0.05, 0) is 35.7 Å². The third-order valence-corrected chi connectivity index (χ3v) is 7.59. The van der Waals surface area contributed by atoms with Crippen LogP contribution in [-0.2, 0) is 19.6 Å². The van der Waals surface area contributed by atoms with Crippen LogP contribution in [0.2, 0.25) is 5.02 Å². The summed E-state index contributed by atoms with van der Waals surface area (Å²) in [6.45, 7) is 5.42. The zero-order valence-corrected chi connectivity index (χ0v) is 22.3. The summed E-state index contributed by atoms with van der Waals surface area (Å²) in [5, 5.41) is 0.747. The number of hydrogen-bond acceptors (Lipinski definition) is 3. The second-order valence-electron chi connectivity index (χ2n) is 10.0. The Balaban J connectivity index is 1.52. The molecule has 5 aromatic rings. The van der Waals surface area contributed by atoms with Gasteiger partial charge in [0.25, 0.3) is 0 Å². The maximum Gasteiger partial charge on any atom is 0.139 e. The maximum absolute atomic E-state index is 6.60. The number of furan rings is 1. The van der Waals surface area contributed by atoms with Gasteiger partial charge in [-0.25, -0.2) is 0 Å². The average molecular weight is 519 g/mol. The van der Waals surface area contributed by atoms with Crippen LogP contribution in [-0.4, -0.2) is 16.5 Å². The molecule has 0 fully saturated rings. The fourth-order valence-electron chi connectivity index (χ4n) is 5.67. The highest BCUT2D eigenvalue weighted by molar-refractivity contribution is 6.30. The molecular formula is C34H31ClN2O. The van der Waals surface area contributed by atoms with E-state index in [-0.39, 0.29) is 6.04 Å². The van der Waals surface area contributed by atoms with E-state index in [1.165, 1.54) is 27.8 Å². The van der Waals surface area contributed by atoms with Gasteiger partial charge in [0, 0.05) is 41.3 Å². The number of halogens is 1. The van der Waals surface area contributed by atoms with Crippen LogP contribution in [0.4, 0.5) is 0 Å². The molecule has 38 heavy (non-hydrogen) atoms. The van der Waals surface area contributed by atoms with E-state index in [1.54, 1.807) is 0 Å². The fourth-order valence-corrected chi connectivity index (χ4v) is 5.79. The summed E-state index contributed by atoms with van der Waals surface area (Å²) in [5.74, 6) is 1.94. The summed E-state index contributed by atoms with van der Waals surface area (Å²) < 4.78 is 6.60. The molecule has 190 valence electrons. The van der Waals surface area contributed by atoms with Gasteiger partial charge in [0.2, 0.25) is 0 Å². The van der Waals surface area contributed by atoms with Crippen LogP contribution in [0.25, 0.3) is 11.3 Å². The van der Waals surface area contributed by atoms with Gasteiger partial charge >= 0.3 is 0 Å². The van der Waals surface area contributed by atoms with E-state index in [0.717, 1.165) is 48.4 Å². The van der Waals surface area contributed by atoms with Crippen LogP contribution >= 0.6 is 11.6 Å². The van der Waals surface area contributed by atoms with Crippen molar-refractivity contribution in [3.05, 3.63) is 154 Å². The second kappa shape index (κ2) is 11.0. The average Bonchev–Trinajstić information content (AvgIpc) is 3.17. The molecule has 1 unspecified atom stereocenters. The van der Waals surface area contributed by atoms with Crippen molar-refractivity contribution in [3.8, 4) is 11.3 Å². The molecule has 1 aliphatic heterocycles. The number of fused-ring (bicyclic) bond motifs is 1. The molecule has 6 rings (SSSR count). The predicted molar refractivity (Wildman–Crippen MR) is 155 cm³/mol. The molecule has 1 aliphatic rings. The zero-order chi connectivity index (χ0) is 25.9. The summed E-state index contributed by atoms with van der Waals surface area (Å²) in [7, 11) is 0. The van der Waals surface area contributed by atoms with Crippen molar-refractivity contribution in [1.82, 2.24) is 9.80 Å². The highest BCUT2D eigenvalue weighted by Gasteiger charge is 2.35. The van der Waals surface area contributed by atoms with E-state index in [2.05, 4.69) is 120 Å². The molecule has 0 radical (unpaired) electrons. The monoisotopic (exact) mass is 518 g/mol. The molecule has 4 aromatic carbocycles. The van der Waals surface area contributed by atoms with Crippen LogP contribution < -0.4 is 0 Å². The van der Waals surface area contributed by atoms with Gasteiger partial charge in [-0.2, -0.15) is 0 Å². The van der Waals surface area contributed by atoms with Crippen LogP contribution in [0, 0.1) is 6.92 Å². The molecule has 1 atom stereocenters. The summed E-state index contributed by atoms with van der Waals surface area (Å²) in [5.41, 5.74) is 7.46. The number of hydrogen-bond donors (Lipinski definition) is 0.